The average Bonchev–Trinajstić information content (AvgIpc) is 2.56. The highest BCUT2D eigenvalue weighted by molar-refractivity contribution is 5.88. The summed E-state index contributed by atoms with van der Waals surface area (Å²) in [6.45, 7) is 0. The first-order chi connectivity index (χ1) is 11.5. The minimum absolute atomic E-state index is 0.0422. The molecule has 0 radical (unpaired) electrons. The monoisotopic (exact) mass is 330 g/mol. The number of hydrogen-bond acceptors (Lipinski definition) is 7. The molecular formula is C17H14O7. The maximum atomic E-state index is 12.6. The van der Waals surface area contributed by atoms with Crippen LogP contribution in [0.4, 0.5) is 0 Å². The smallest absolute Gasteiger partial charge is 0.239 e. The van der Waals surface area contributed by atoms with Crippen LogP contribution in [0.2, 0.25) is 0 Å². The summed E-state index contributed by atoms with van der Waals surface area (Å²) in [6, 6.07) is 6.71. The van der Waals surface area contributed by atoms with Crippen LogP contribution in [-0.4, -0.2) is 29.5 Å². The molecule has 2 aromatic carbocycles. The van der Waals surface area contributed by atoms with Crippen molar-refractivity contribution in [2.75, 3.05) is 14.2 Å². The van der Waals surface area contributed by atoms with E-state index in [4.69, 9.17) is 13.9 Å². The molecule has 7 nitrogen and oxygen atoms in total. The average molecular weight is 330 g/mol. The molecule has 124 valence electrons. The summed E-state index contributed by atoms with van der Waals surface area (Å²) in [5.41, 5.74) is -0.148. The highest BCUT2D eigenvalue weighted by atomic mass is 16.5. The fourth-order valence-corrected chi connectivity index (χ4v) is 2.42. The highest BCUT2D eigenvalue weighted by Crippen LogP contribution is 2.38. The molecule has 0 saturated carbocycles. The van der Waals surface area contributed by atoms with Crippen LogP contribution in [0, 0.1) is 0 Å². The zero-order valence-corrected chi connectivity index (χ0v) is 12.9. The lowest BCUT2D eigenvalue weighted by atomic mass is 10.1. The first-order valence-corrected chi connectivity index (χ1v) is 6.90. The summed E-state index contributed by atoms with van der Waals surface area (Å²) < 4.78 is 15.9. The van der Waals surface area contributed by atoms with Crippen molar-refractivity contribution in [1.82, 2.24) is 0 Å². The van der Waals surface area contributed by atoms with Gasteiger partial charge >= 0.3 is 0 Å². The molecule has 0 atom stereocenters. The van der Waals surface area contributed by atoms with Crippen LogP contribution in [0.3, 0.4) is 0 Å². The van der Waals surface area contributed by atoms with Crippen LogP contribution in [0.15, 0.2) is 39.5 Å². The Balaban J connectivity index is 2.39. The van der Waals surface area contributed by atoms with Crippen molar-refractivity contribution in [2.45, 2.75) is 0 Å². The van der Waals surface area contributed by atoms with Crippen molar-refractivity contribution in [3.8, 4) is 40.1 Å². The second kappa shape index (κ2) is 5.69. The molecule has 1 heterocycles. The summed E-state index contributed by atoms with van der Waals surface area (Å²) in [6.07, 6.45) is 0. The number of hydrogen-bond donors (Lipinski definition) is 3. The van der Waals surface area contributed by atoms with Crippen molar-refractivity contribution in [3.63, 3.8) is 0 Å². The summed E-state index contributed by atoms with van der Waals surface area (Å²) in [5, 5.41) is 29.1. The lowest BCUT2D eigenvalue weighted by molar-refractivity contribution is 0.393. The van der Waals surface area contributed by atoms with Crippen molar-refractivity contribution >= 4 is 11.0 Å². The number of methoxy groups -OCH3 is 2. The van der Waals surface area contributed by atoms with E-state index in [0.29, 0.717) is 11.3 Å². The van der Waals surface area contributed by atoms with Gasteiger partial charge in [0.15, 0.2) is 17.3 Å². The molecule has 0 fully saturated rings. The molecule has 0 aliphatic heterocycles. The fourth-order valence-electron chi connectivity index (χ4n) is 2.42. The molecule has 0 bridgehead atoms. The van der Waals surface area contributed by atoms with Crippen LogP contribution in [-0.2, 0) is 0 Å². The van der Waals surface area contributed by atoms with Crippen molar-refractivity contribution in [2.24, 2.45) is 0 Å². The molecule has 0 spiro atoms. The second-order valence-electron chi connectivity index (χ2n) is 5.02. The van der Waals surface area contributed by atoms with E-state index >= 15 is 0 Å². The molecule has 24 heavy (non-hydrogen) atoms. The Morgan fingerprint density at radius 1 is 0.917 bits per heavy atom. The van der Waals surface area contributed by atoms with Gasteiger partial charge in [-0.15, -0.1) is 0 Å². The predicted octanol–water partition coefficient (Wildman–Crippen LogP) is 2.59. The molecule has 1 aromatic heterocycles. The van der Waals surface area contributed by atoms with Crippen LogP contribution in [0.5, 0.6) is 28.7 Å². The Bertz CT molecular complexity index is 988. The SMILES string of the molecule is COc1cc(O)c2c(=O)c(OC)c(-c3ccc(O)c(O)c3)oc2c1. The minimum atomic E-state index is -0.568. The van der Waals surface area contributed by atoms with Crippen LogP contribution in [0.1, 0.15) is 0 Å². The maximum Gasteiger partial charge on any atom is 0.239 e. The van der Waals surface area contributed by atoms with Gasteiger partial charge in [-0.2, -0.15) is 0 Å². The third-order valence-corrected chi connectivity index (χ3v) is 3.58. The molecule has 0 saturated heterocycles. The van der Waals surface area contributed by atoms with Crippen molar-refractivity contribution in [3.05, 3.63) is 40.6 Å². The number of rotatable bonds is 3. The summed E-state index contributed by atoms with van der Waals surface area (Å²) in [5.74, 6) is -0.735. The van der Waals surface area contributed by atoms with Gasteiger partial charge in [0.1, 0.15) is 22.5 Å². The highest BCUT2D eigenvalue weighted by Gasteiger charge is 2.20. The quantitative estimate of drug-likeness (QED) is 0.633. The number of aromatic hydroxyl groups is 3. The van der Waals surface area contributed by atoms with Crippen molar-refractivity contribution < 1.29 is 29.2 Å². The molecule has 7 heteroatoms. The van der Waals surface area contributed by atoms with Gasteiger partial charge < -0.3 is 29.2 Å². The predicted molar refractivity (Wildman–Crippen MR) is 86.0 cm³/mol. The molecule has 0 aliphatic rings. The standard InChI is InChI=1S/C17H14O7/c1-22-9-6-12(20)14-13(7-9)24-16(17(23-2)15(14)21)8-3-4-10(18)11(19)5-8/h3-7,18-20H,1-2H3. The Kier molecular flexibility index (Phi) is 3.69. The van der Waals surface area contributed by atoms with Gasteiger partial charge in [0.25, 0.3) is 0 Å². The van der Waals surface area contributed by atoms with Crippen LogP contribution >= 0.6 is 0 Å². The number of fused-ring (bicyclic) bond motifs is 1. The van der Waals surface area contributed by atoms with E-state index in [1.54, 1.807) is 0 Å². The van der Waals surface area contributed by atoms with E-state index in [1.807, 2.05) is 0 Å². The lowest BCUT2D eigenvalue weighted by Gasteiger charge is -2.11. The Labute approximate surface area is 135 Å². The van der Waals surface area contributed by atoms with Crippen LogP contribution < -0.4 is 14.9 Å². The third kappa shape index (κ3) is 2.36. The Morgan fingerprint density at radius 3 is 2.29 bits per heavy atom. The third-order valence-electron chi connectivity index (χ3n) is 3.58. The first-order valence-electron chi connectivity index (χ1n) is 6.90. The Morgan fingerprint density at radius 2 is 1.67 bits per heavy atom. The van der Waals surface area contributed by atoms with E-state index < -0.39 is 5.43 Å². The van der Waals surface area contributed by atoms with Crippen molar-refractivity contribution in [1.29, 1.82) is 0 Å². The molecular weight excluding hydrogens is 316 g/mol. The first kappa shape index (κ1) is 15.5. The van der Waals surface area contributed by atoms with E-state index in [1.165, 1.54) is 44.6 Å². The van der Waals surface area contributed by atoms with Gasteiger partial charge in [0.2, 0.25) is 11.2 Å². The molecule has 0 amide bonds. The topological polar surface area (TPSA) is 109 Å². The molecule has 0 unspecified atom stereocenters. The number of phenolic OH excluding ortho intramolecular Hbond substituents is 3. The Hall–Kier alpha value is -3.35. The fraction of sp³-hybridized carbons (Fsp3) is 0.118. The normalized spacial score (nSPS) is 10.8. The molecule has 3 rings (SSSR count). The number of ether oxygens (including phenoxy) is 2. The van der Waals surface area contributed by atoms with E-state index in [9.17, 15) is 20.1 Å². The van der Waals surface area contributed by atoms with Gasteiger partial charge in [0, 0.05) is 17.7 Å². The molecule has 3 aromatic rings. The summed E-state index contributed by atoms with van der Waals surface area (Å²) in [7, 11) is 2.71. The van der Waals surface area contributed by atoms with Gasteiger partial charge in [-0.25, -0.2) is 0 Å². The zero-order valence-electron chi connectivity index (χ0n) is 12.9. The maximum absolute atomic E-state index is 12.6. The van der Waals surface area contributed by atoms with E-state index in [2.05, 4.69) is 0 Å². The van der Waals surface area contributed by atoms with Gasteiger partial charge in [0.05, 0.1) is 14.2 Å². The number of benzene rings is 2. The largest absolute Gasteiger partial charge is 0.507 e. The van der Waals surface area contributed by atoms with Crippen LogP contribution in [0.25, 0.3) is 22.3 Å². The van der Waals surface area contributed by atoms with E-state index in [0.717, 1.165) is 0 Å². The lowest BCUT2D eigenvalue weighted by Crippen LogP contribution is -2.08. The molecule has 3 N–H and O–H groups in total. The number of phenols is 3. The summed E-state index contributed by atoms with van der Waals surface area (Å²) in [4.78, 5) is 12.6. The summed E-state index contributed by atoms with van der Waals surface area (Å²) >= 11 is 0. The van der Waals surface area contributed by atoms with Gasteiger partial charge in [-0.1, -0.05) is 0 Å². The van der Waals surface area contributed by atoms with E-state index in [-0.39, 0.29) is 39.7 Å². The minimum Gasteiger partial charge on any atom is -0.507 e. The van der Waals surface area contributed by atoms with Gasteiger partial charge in [-0.3, -0.25) is 4.79 Å². The van der Waals surface area contributed by atoms with Gasteiger partial charge in [-0.05, 0) is 18.2 Å². The molecule has 0 aliphatic carbocycles. The second-order valence-corrected chi connectivity index (χ2v) is 5.02. The zero-order chi connectivity index (χ0) is 17.4.